The second kappa shape index (κ2) is 5.41. The number of sulfonamides is 1. The van der Waals surface area contributed by atoms with Crippen molar-refractivity contribution in [2.45, 2.75) is 0 Å². The number of alkyl halides is 1. The summed E-state index contributed by atoms with van der Waals surface area (Å²) in [5.41, 5.74) is 0. The van der Waals surface area contributed by atoms with Crippen LogP contribution in [0.1, 0.15) is 0 Å². The van der Waals surface area contributed by atoms with Crippen LogP contribution in [0.2, 0.25) is 0 Å². The van der Waals surface area contributed by atoms with Gasteiger partial charge in [-0.05, 0) is 0 Å². The lowest BCUT2D eigenvalue weighted by atomic mass is 10.7. The van der Waals surface area contributed by atoms with Crippen molar-refractivity contribution < 1.29 is 17.9 Å². The second-order valence-corrected chi connectivity index (χ2v) is 4.91. The first-order valence-corrected chi connectivity index (χ1v) is 5.65. The molecule has 0 N–H and O–H groups in total. The van der Waals surface area contributed by atoms with Crippen molar-refractivity contribution in [3.05, 3.63) is 0 Å². The summed E-state index contributed by atoms with van der Waals surface area (Å²) in [5, 5.41) is 0. The zero-order valence-electron chi connectivity index (χ0n) is 7.49. The molecule has 0 bridgehead atoms. The largest absolute Gasteiger partial charge is 0.468 e. The van der Waals surface area contributed by atoms with Gasteiger partial charge in [-0.25, -0.2) is 8.42 Å². The third kappa shape index (κ3) is 4.44. The van der Waals surface area contributed by atoms with E-state index in [1.54, 1.807) is 0 Å². The quantitative estimate of drug-likeness (QED) is 0.478. The summed E-state index contributed by atoms with van der Waals surface area (Å²) in [7, 11) is -0.912. The molecule has 0 spiro atoms. The Labute approximate surface area is 82.7 Å². The summed E-state index contributed by atoms with van der Waals surface area (Å²) in [6, 6.07) is 0. The molecule has 0 aromatic heterocycles. The highest BCUT2D eigenvalue weighted by atomic mass is 35.5. The number of methoxy groups -OCH3 is 1. The lowest BCUT2D eigenvalue weighted by molar-refractivity contribution is -0.140. The summed E-state index contributed by atoms with van der Waals surface area (Å²) < 4.78 is 27.7. The molecule has 78 valence electrons. The van der Waals surface area contributed by atoms with Gasteiger partial charge in [0.15, 0.2) is 0 Å². The molecule has 7 heteroatoms. The van der Waals surface area contributed by atoms with Crippen molar-refractivity contribution in [3.8, 4) is 0 Å². The summed E-state index contributed by atoms with van der Waals surface area (Å²) in [6.45, 7) is -0.282. The van der Waals surface area contributed by atoms with E-state index < -0.39 is 16.0 Å². The summed E-state index contributed by atoms with van der Waals surface area (Å²) in [4.78, 5) is 10.7. The Balaban J connectivity index is 4.25. The molecule has 0 saturated heterocycles. The van der Waals surface area contributed by atoms with Crippen LogP contribution in [0, 0.1) is 0 Å². The topological polar surface area (TPSA) is 63.7 Å². The Morgan fingerprint density at radius 3 is 2.46 bits per heavy atom. The minimum absolute atomic E-state index is 0.00778. The fraction of sp³-hybridized carbons (Fsp3) is 0.833. The molecule has 0 unspecified atom stereocenters. The Bertz CT molecular complexity index is 264. The van der Waals surface area contributed by atoms with Crippen molar-refractivity contribution >= 4 is 27.6 Å². The van der Waals surface area contributed by atoms with Crippen molar-refractivity contribution in [1.82, 2.24) is 4.31 Å². The highest BCUT2D eigenvalue weighted by Crippen LogP contribution is 1.98. The molecule has 0 aromatic rings. The molecule has 0 aliphatic carbocycles. The lowest BCUT2D eigenvalue weighted by Gasteiger charge is -2.14. The third-order valence-electron chi connectivity index (χ3n) is 1.39. The van der Waals surface area contributed by atoms with Crippen LogP contribution in [0.15, 0.2) is 0 Å². The number of ether oxygens (including phenoxy) is 1. The van der Waals surface area contributed by atoms with E-state index in [-0.39, 0.29) is 18.2 Å². The van der Waals surface area contributed by atoms with Gasteiger partial charge in [0.25, 0.3) is 0 Å². The van der Waals surface area contributed by atoms with Crippen LogP contribution in [0.3, 0.4) is 0 Å². The molecule has 0 saturated carbocycles. The van der Waals surface area contributed by atoms with E-state index in [9.17, 15) is 13.2 Å². The average Bonchev–Trinajstić information content (AvgIpc) is 2.04. The Kier molecular flexibility index (Phi) is 5.27. The summed E-state index contributed by atoms with van der Waals surface area (Å²) >= 11 is 5.28. The van der Waals surface area contributed by atoms with Crippen molar-refractivity contribution in [3.63, 3.8) is 0 Å². The van der Waals surface area contributed by atoms with Gasteiger partial charge in [-0.3, -0.25) is 4.79 Å². The highest BCUT2D eigenvalue weighted by molar-refractivity contribution is 7.89. The Morgan fingerprint density at radius 1 is 1.54 bits per heavy atom. The maximum absolute atomic E-state index is 11.2. The number of hydrogen-bond acceptors (Lipinski definition) is 4. The zero-order valence-corrected chi connectivity index (χ0v) is 9.06. The number of carbonyl (C=O) groups is 1. The van der Waals surface area contributed by atoms with Gasteiger partial charge in [-0.1, -0.05) is 0 Å². The SMILES string of the molecule is COC(=O)CN(C)S(=O)(=O)CCCl. The molecule has 0 heterocycles. The maximum atomic E-state index is 11.2. The zero-order chi connectivity index (χ0) is 10.5. The molecular formula is C6H12ClNO4S. The molecule has 0 rings (SSSR count). The Hall–Kier alpha value is -0.330. The number of carbonyl (C=O) groups excluding carboxylic acids is 1. The van der Waals surface area contributed by atoms with Gasteiger partial charge in [-0.15, -0.1) is 11.6 Å². The van der Waals surface area contributed by atoms with E-state index >= 15 is 0 Å². The van der Waals surface area contributed by atoms with Gasteiger partial charge in [-0.2, -0.15) is 4.31 Å². The fourth-order valence-electron chi connectivity index (χ4n) is 0.598. The standard InChI is InChI=1S/C6H12ClNO4S/c1-8(5-6(9)12-2)13(10,11)4-3-7/h3-5H2,1-2H3. The molecule has 5 nitrogen and oxygen atoms in total. The van der Waals surface area contributed by atoms with Crippen LogP contribution in [0.5, 0.6) is 0 Å². The highest BCUT2D eigenvalue weighted by Gasteiger charge is 2.19. The van der Waals surface area contributed by atoms with Gasteiger partial charge < -0.3 is 4.74 Å². The number of likely N-dealkylation sites (N-methyl/N-ethyl adjacent to an activating group) is 1. The molecule has 0 aliphatic rings. The van der Waals surface area contributed by atoms with Crippen LogP contribution in [-0.2, 0) is 19.6 Å². The predicted octanol–water partition coefficient (Wildman–Crippen LogP) is -0.340. The number of rotatable bonds is 5. The third-order valence-corrected chi connectivity index (χ3v) is 3.60. The second-order valence-electron chi connectivity index (χ2n) is 2.34. The molecule has 0 aliphatic heterocycles. The molecule has 0 radical (unpaired) electrons. The Morgan fingerprint density at radius 2 is 2.08 bits per heavy atom. The van der Waals surface area contributed by atoms with Crippen LogP contribution >= 0.6 is 11.6 Å². The van der Waals surface area contributed by atoms with Gasteiger partial charge in [0, 0.05) is 12.9 Å². The van der Waals surface area contributed by atoms with Crippen LogP contribution in [-0.4, -0.2) is 51.0 Å². The van der Waals surface area contributed by atoms with E-state index in [0.717, 1.165) is 4.31 Å². The van der Waals surface area contributed by atoms with Gasteiger partial charge in [0.05, 0.1) is 12.9 Å². The predicted molar refractivity (Wildman–Crippen MR) is 49.2 cm³/mol. The first-order valence-electron chi connectivity index (χ1n) is 3.51. The number of halogens is 1. The number of esters is 1. The minimum Gasteiger partial charge on any atom is -0.468 e. The monoisotopic (exact) mass is 229 g/mol. The normalized spacial score (nSPS) is 11.7. The first kappa shape index (κ1) is 12.7. The molecule has 0 atom stereocenters. The van der Waals surface area contributed by atoms with Crippen LogP contribution in [0.4, 0.5) is 0 Å². The first-order chi connectivity index (χ1) is 5.94. The van der Waals surface area contributed by atoms with Crippen molar-refractivity contribution in [2.75, 3.05) is 32.3 Å². The molecule has 0 fully saturated rings. The minimum atomic E-state index is -3.41. The molecule has 0 aromatic carbocycles. The maximum Gasteiger partial charge on any atom is 0.320 e. The number of hydrogen-bond donors (Lipinski definition) is 0. The summed E-state index contributed by atoms with van der Waals surface area (Å²) in [5.74, 6) is -0.767. The van der Waals surface area contributed by atoms with E-state index in [0.29, 0.717) is 0 Å². The summed E-state index contributed by atoms with van der Waals surface area (Å²) in [6.07, 6.45) is 0. The van der Waals surface area contributed by atoms with E-state index in [4.69, 9.17) is 11.6 Å². The van der Waals surface area contributed by atoms with Crippen molar-refractivity contribution in [2.24, 2.45) is 0 Å². The van der Waals surface area contributed by atoms with E-state index in [2.05, 4.69) is 4.74 Å². The van der Waals surface area contributed by atoms with Crippen LogP contribution < -0.4 is 0 Å². The van der Waals surface area contributed by atoms with Gasteiger partial charge in [0.1, 0.15) is 6.54 Å². The van der Waals surface area contributed by atoms with Crippen LogP contribution in [0.25, 0.3) is 0 Å². The van der Waals surface area contributed by atoms with E-state index in [1.807, 2.05) is 0 Å². The smallest absolute Gasteiger partial charge is 0.320 e. The molecule has 0 amide bonds. The lowest BCUT2D eigenvalue weighted by Crippen LogP contribution is -2.34. The van der Waals surface area contributed by atoms with E-state index in [1.165, 1.54) is 14.2 Å². The molecular weight excluding hydrogens is 218 g/mol. The number of nitrogens with zero attached hydrogens (tertiary/aromatic N) is 1. The van der Waals surface area contributed by atoms with Gasteiger partial charge in [0.2, 0.25) is 10.0 Å². The molecule has 13 heavy (non-hydrogen) atoms. The van der Waals surface area contributed by atoms with Gasteiger partial charge >= 0.3 is 5.97 Å². The fourth-order valence-corrected chi connectivity index (χ4v) is 1.99. The van der Waals surface area contributed by atoms with Crippen molar-refractivity contribution in [1.29, 1.82) is 0 Å². The average molecular weight is 230 g/mol.